The van der Waals surface area contributed by atoms with Crippen molar-refractivity contribution in [2.24, 2.45) is 0 Å². The third-order valence-electron chi connectivity index (χ3n) is 4.86. The van der Waals surface area contributed by atoms with E-state index in [9.17, 15) is 14.4 Å². The molecule has 1 heterocycles. The third kappa shape index (κ3) is 3.96. The molecule has 0 saturated carbocycles. The predicted octanol–water partition coefficient (Wildman–Crippen LogP) is 3.39. The zero-order valence-corrected chi connectivity index (χ0v) is 16.1. The standard InChI is InChI=1S/C22H23N3O3/c1-4-21(27)25-12-6-7-16-13-17(10-11-20(16)25)22(28)23-18-8-5-9-19(14-18)24(3)15(2)26/h4-5,8-11,13-14H,1,6-7,12H2,2-3H3,(H,23,28). The van der Waals surface area contributed by atoms with Crippen LogP contribution in [-0.2, 0) is 16.0 Å². The molecule has 0 radical (unpaired) electrons. The number of carbonyl (C=O) groups is 3. The van der Waals surface area contributed by atoms with Crippen molar-refractivity contribution in [3.8, 4) is 0 Å². The van der Waals surface area contributed by atoms with E-state index in [-0.39, 0.29) is 17.7 Å². The van der Waals surface area contributed by atoms with E-state index >= 15 is 0 Å². The Labute approximate surface area is 164 Å². The Hall–Kier alpha value is -3.41. The van der Waals surface area contributed by atoms with Crippen LogP contribution in [0.3, 0.4) is 0 Å². The van der Waals surface area contributed by atoms with Crippen molar-refractivity contribution in [1.82, 2.24) is 0 Å². The van der Waals surface area contributed by atoms with E-state index in [1.54, 1.807) is 42.3 Å². The molecule has 0 unspecified atom stereocenters. The zero-order valence-electron chi connectivity index (χ0n) is 16.1. The topological polar surface area (TPSA) is 69.7 Å². The smallest absolute Gasteiger partial charge is 0.255 e. The maximum atomic E-state index is 12.7. The molecule has 3 rings (SSSR count). The number of fused-ring (bicyclic) bond motifs is 1. The summed E-state index contributed by atoms with van der Waals surface area (Å²) in [6.45, 7) is 5.69. The number of benzene rings is 2. The van der Waals surface area contributed by atoms with Crippen LogP contribution in [-0.4, -0.2) is 31.3 Å². The summed E-state index contributed by atoms with van der Waals surface area (Å²) >= 11 is 0. The molecule has 6 heteroatoms. The molecule has 144 valence electrons. The third-order valence-corrected chi connectivity index (χ3v) is 4.86. The van der Waals surface area contributed by atoms with Gasteiger partial charge in [-0.2, -0.15) is 0 Å². The van der Waals surface area contributed by atoms with E-state index in [0.29, 0.717) is 23.5 Å². The summed E-state index contributed by atoms with van der Waals surface area (Å²) < 4.78 is 0. The summed E-state index contributed by atoms with van der Waals surface area (Å²) in [6.07, 6.45) is 2.97. The molecule has 0 atom stereocenters. The molecule has 1 N–H and O–H groups in total. The highest BCUT2D eigenvalue weighted by Crippen LogP contribution is 2.29. The van der Waals surface area contributed by atoms with Gasteiger partial charge in [0.25, 0.3) is 5.91 Å². The molecule has 0 spiro atoms. The van der Waals surface area contributed by atoms with Crippen LogP contribution >= 0.6 is 0 Å². The first-order chi connectivity index (χ1) is 13.4. The highest BCUT2D eigenvalue weighted by atomic mass is 16.2. The molecule has 1 aliphatic rings. The maximum Gasteiger partial charge on any atom is 0.255 e. The van der Waals surface area contributed by atoms with E-state index in [2.05, 4.69) is 11.9 Å². The molecule has 1 aliphatic heterocycles. The van der Waals surface area contributed by atoms with Crippen molar-refractivity contribution in [2.45, 2.75) is 19.8 Å². The minimum Gasteiger partial charge on any atom is -0.322 e. The molecule has 0 aliphatic carbocycles. The predicted molar refractivity (Wildman–Crippen MR) is 111 cm³/mol. The Morgan fingerprint density at radius 1 is 1.18 bits per heavy atom. The van der Waals surface area contributed by atoms with E-state index < -0.39 is 0 Å². The van der Waals surface area contributed by atoms with Gasteiger partial charge in [0.1, 0.15) is 0 Å². The van der Waals surface area contributed by atoms with Crippen molar-refractivity contribution in [3.05, 3.63) is 66.2 Å². The normalized spacial score (nSPS) is 12.7. The second kappa shape index (κ2) is 8.08. The summed E-state index contributed by atoms with van der Waals surface area (Å²) in [7, 11) is 1.68. The number of carbonyl (C=O) groups excluding carboxylic acids is 3. The Morgan fingerprint density at radius 3 is 2.68 bits per heavy atom. The summed E-state index contributed by atoms with van der Waals surface area (Å²) in [5.74, 6) is -0.459. The van der Waals surface area contributed by atoms with Gasteiger partial charge in [-0.1, -0.05) is 12.6 Å². The lowest BCUT2D eigenvalue weighted by atomic mass is 9.98. The van der Waals surface area contributed by atoms with E-state index in [0.717, 1.165) is 24.1 Å². The van der Waals surface area contributed by atoms with Gasteiger partial charge in [-0.15, -0.1) is 0 Å². The molecule has 2 aromatic rings. The lowest BCUT2D eigenvalue weighted by Gasteiger charge is -2.29. The van der Waals surface area contributed by atoms with Crippen molar-refractivity contribution >= 4 is 34.8 Å². The van der Waals surface area contributed by atoms with Crippen molar-refractivity contribution in [1.29, 1.82) is 0 Å². The van der Waals surface area contributed by atoms with Gasteiger partial charge in [-0.25, -0.2) is 0 Å². The Kier molecular flexibility index (Phi) is 5.59. The van der Waals surface area contributed by atoms with Crippen LogP contribution in [0.2, 0.25) is 0 Å². The summed E-state index contributed by atoms with van der Waals surface area (Å²) in [4.78, 5) is 39.5. The second-order valence-corrected chi connectivity index (χ2v) is 6.72. The van der Waals surface area contributed by atoms with Crippen LogP contribution in [0.1, 0.15) is 29.3 Å². The van der Waals surface area contributed by atoms with Crippen LogP contribution in [0.5, 0.6) is 0 Å². The first-order valence-electron chi connectivity index (χ1n) is 9.13. The van der Waals surface area contributed by atoms with Gasteiger partial charge in [0.15, 0.2) is 0 Å². The highest BCUT2D eigenvalue weighted by Gasteiger charge is 2.22. The summed E-state index contributed by atoms with van der Waals surface area (Å²) in [5.41, 5.74) is 3.64. The van der Waals surface area contributed by atoms with Crippen LogP contribution in [0.25, 0.3) is 0 Å². The molecular weight excluding hydrogens is 354 g/mol. The zero-order chi connectivity index (χ0) is 20.3. The molecule has 0 fully saturated rings. The van der Waals surface area contributed by atoms with E-state index in [1.807, 2.05) is 12.1 Å². The Morgan fingerprint density at radius 2 is 1.96 bits per heavy atom. The summed E-state index contributed by atoms with van der Waals surface area (Å²) in [6, 6.07) is 12.5. The average molecular weight is 377 g/mol. The molecule has 3 amide bonds. The Bertz CT molecular complexity index is 952. The highest BCUT2D eigenvalue weighted by molar-refractivity contribution is 6.06. The van der Waals surface area contributed by atoms with Gasteiger partial charge in [0.05, 0.1) is 0 Å². The number of hydrogen-bond acceptors (Lipinski definition) is 3. The van der Waals surface area contributed by atoms with Gasteiger partial charge >= 0.3 is 0 Å². The fraction of sp³-hybridized carbons (Fsp3) is 0.227. The van der Waals surface area contributed by atoms with Crippen LogP contribution in [0.4, 0.5) is 17.1 Å². The monoisotopic (exact) mass is 377 g/mol. The minimum atomic E-state index is -0.238. The molecule has 2 aromatic carbocycles. The first kappa shape index (κ1) is 19.4. The molecule has 6 nitrogen and oxygen atoms in total. The maximum absolute atomic E-state index is 12.7. The molecule has 0 aromatic heterocycles. The van der Waals surface area contributed by atoms with E-state index in [4.69, 9.17) is 0 Å². The van der Waals surface area contributed by atoms with Gasteiger partial charge in [-0.05, 0) is 60.9 Å². The number of nitrogens with zero attached hydrogens (tertiary/aromatic N) is 2. The van der Waals surface area contributed by atoms with Gasteiger partial charge in [0.2, 0.25) is 11.8 Å². The number of hydrogen-bond donors (Lipinski definition) is 1. The van der Waals surface area contributed by atoms with Crippen LogP contribution < -0.4 is 15.1 Å². The van der Waals surface area contributed by atoms with E-state index in [1.165, 1.54) is 17.9 Å². The van der Waals surface area contributed by atoms with Crippen LogP contribution in [0.15, 0.2) is 55.1 Å². The molecule has 0 bridgehead atoms. The van der Waals surface area contributed by atoms with Gasteiger partial charge < -0.3 is 15.1 Å². The fourth-order valence-corrected chi connectivity index (χ4v) is 3.25. The quantitative estimate of drug-likeness (QED) is 0.831. The Balaban J connectivity index is 1.81. The summed E-state index contributed by atoms with van der Waals surface area (Å²) in [5, 5.41) is 2.87. The minimum absolute atomic E-state index is 0.0863. The molecular formula is C22H23N3O3. The largest absolute Gasteiger partial charge is 0.322 e. The van der Waals surface area contributed by atoms with Gasteiger partial charge in [-0.3, -0.25) is 14.4 Å². The lowest BCUT2D eigenvalue weighted by molar-refractivity contribution is -0.116. The van der Waals surface area contributed by atoms with Gasteiger partial charge in [0, 0.05) is 43.1 Å². The second-order valence-electron chi connectivity index (χ2n) is 6.72. The number of amides is 3. The van der Waals surface area contributed by atoms with Crippen molar-refractivity contribution in [2.75, 3.05) is 28.7 Å². The number of rotatable bonds is 4. The number of anilines is 3. The SMILES string of the molecule is C=CC(=O)N1CCCc2cc(C(=O)Nc3cccc(N(C)C(C)=O)c3)ccc21. The molecule has 28 heavy (non-hydrogen) atoms. The lowest BCUT2D eigenvalue weighted by Crippen LogP contribution is -2.34. The number of nitrogens with one attached hydrogen (secondary N) is 1. The molecule has 0 saturated heterocycles. The number of aryl methyl sites for hydroxylation is 1. The van der Waals surface area contributed by atoms with Crippen molar-refractivity contribution in [3.63, 3.8) is 0 Å². The fourth-order valence-electron chi connectivity index (χ4n) is 3.25. The van der Waals surface area contributed by atoms with Crippen LogP contribution in [0, 0.1) is 0 Å². The van der Waals surface area contributed by atoms with Crippen molar-refractivity contribution < 1.29 is 14.4 Å². The average Bonchev–Trinajstić information content (AvgIpc) is 2.71. The first-order valence-corrected chi connectivity index (χ1v) is 9.13.